The minimum atomic E-state index is -0.823. The van der Waals surface area contributed by atoms with Gasteiger partial charge in [0.25, 0.3) is 5.91 Å². The minimum Gasteiger partial charge on any atom is -0.480 e. The summed E-state index contributed by atoms with van der Waals surface area (Å²) in [6.07, 6.45) is 1.53. The van der Waals surface area contributed by atoms with Crippen molar-refractivity contribution in [2.45, 2.75) is 31.8 Å². The number of carbonyl (C=O) groups excluding carboxylic acids is 1. The van der Waals surface area contributed by atoms with Crippen molar-refractivity contribution < 1.29 is 14.7 Å². The molecule has 1 aromatic heterocycles. The first-order valence-corrected chi connectivity index (χ1v) is 9.70. The van der Waals surface area contributed by atoms with Gasteiger partial charge in [-0.15, -0.1) is 11.3 Å². The molecule has 1 amide bonds. The molecule has 0 radical (unpaired) electrons. The Kier molecular flexibility index (Phi) is 5.90. The number of hydrogen-bond donors (Lipinski definition) is 2. The van der Waals surface area contributed by atoms with E-state index in [0.29, 0.717) is 17.3 Å². The van der Waals surface area contributed by atoms with Gasteiger partial charge in [-0.1, -0.05) is 30.7 Å². The molecule has 6 nitrogen and oxygen atoms in total. The highest BCUT2D eigenvalue weighted by atomic mass is 35.5. The Morgan fingerprint density at radius 3 is 2.65 bits per heavy atom. The highest BCUT2D eigenvalue weighted by Crippen LogP contribution is 2.27. The molecule has 26 heavy (non-hydrogen) atoms. The summed E-state index contributed by atoms with van der Waals surface area (Å²) in [5, 5.41) is 15.1. The van der Waals surface area contributed by atoms with Crippen LogP contribution in [0.2, 0.25) is 5.02 Å². The van der Waals surface area contributed by atoms with Crippen molar-refractivity contribution in [3.05, 3.63) is 40.4 Å². The lowest BCUT2D eigenvalue weighted by molar-refractivity contribution is -0.139. The first-order valence-electron chi connectivity index (χ1n) is 8.44. The average Bonchev–Trinajstić information content (AvgIpc) is 3.06. The summed E-state index contributed by atoms with van der Waals surface area (Å²) >= 11 is 7.31. The molecule has 0 aliphatic heterocycles. The molecular formula is C18H20ClN3O3S. The molecule has 8 heteroatoms. The maximum absolute atomic E-state index is 12.4. The van der Waals surface area contributed by atoms with E-state index in [4.69, 9.17) is 16.7 Å². The van der Waals surface area contributed by atoms with E-state index in [2.05, 4.69) is 10.3 Å². The van der Waals surface area contributed by atoms with Crippen LogP contribution in [-0.2, 0) is 4.79 Å². The predicted octanol–water partition coefficient (Wildman–Crippen LogP) is 3.13. The monoisotopic (exact) mass is 393 g/mol. The van der Waals surface area contributed by atoms with Crippen molar-refractivity contribution in [3.8, 4) is 10.6 Å². The Balaban J connectivity index is 1.54. The Morgan fingerprint density at radius 1 is 1.35 bits per heavy atom. The van der Waals surface area contributed by atoms with E-state index < -0.39 is 5.97 Å². The number of aliphatic carboxylic acids is 1. The molecule has 3 rings (SSSR count). The third-order valence-electron chi connectivity index (χ3n) is 4.54. The van der Waals surface area contributed by atoms with Gasteiger partial charge in [0.1, 0.15) is 10.7 Å². The first-order chi connectivity index (χ1) is 12.5. The van der Waals surface area contributed by atoms with E-state index in [0.717, 1.165) is 23.4 Å². The molecule has 0 saturated heterocycles. The zero-order valence-electron chi connectivity index (χ0n) is 14.3. The number of hydrogen-bond acceptors (Lipinski definition) is 5. The number of likely N-dealkylation sites (N-methyl/N-ethyl adjacent to an activating group) is 1. The van der Waals surface area contributed by atoms with Crippen LogP contribution < -0.4 is 5.32 Å². The molecule has 1 aromatic carbocycles. The molecule has 0 atom stereocenters. The van der Waals surface area contributed by atoms with Crippen LogP contribution in [0, 0.1) is 0 Å². The summed E-state index contributed by atoms with van der Waals surface area (Å²) in [6, 6.07) is 7.62. The zero-order valence-corrected chi connectivity index (χ0v) is 15.9. The van der Waals surface area contributed by atoms with Gasteiger partial charge in [0.05, 0.1) is 6.54 Å². The maximum atomic E-state index is 12.4. The van der Waals surface area contributed by atoms with Crippen LogP contribution in [-0.4, -0.2) is 52.0 Å². The van der Waals surface area contributed by atoms with E-state index in [1.807, 2.05) is 24.0 Å². The third-order valence-corrected chi connectivity index (χ3v) is 5.68. The Bertz CT molecular complexity index is 787. The van der Waals surface area contributed by atoms with Crippen LogP contribution >= 0.6 is 22.9 Å². The van der Waals surface area contributed by atoms with Crippen molar-refractivity contribution in [1.29, 1.82) is 0 Å². The van der Waals surface area contributed by atoms with Crippen molar-refractivity contribution in [2.24, 2.45) is 0 Å². The number of carboxylic acids is 1. The summed E-state index contributed by atoms with van der Waals surface area (Å²) in [7, 11) is 0. The molecule has 0 bridgehead atoms. The predicted molar refractivity (Wildman–Crippen MR) is 102 cm³/mol. The number of amides is 1. The number of carboxylic acid groups (broad SMARTS) is 1. The fourth-order valence-electron chi connectivity index (χ4n) is 3.04. The SMILES string of the molecule is CCN(CC(=O)O)C1CC(NC(=O)c2csc(-c3ccc(Cl)cc3)n2)C1. The summed E-state index contributed by atoms with van der Waals surface area (Å²) in [4.78, 5) is 29.6. The van der Waals surface area contributed by atoms with Crippen LogP contribution in [0.15, 0.2) is 29.6 Å². The second-order valence-electron chi connectivity index (χ2n) is 6.30. The van der Waals surface area contributed by atoms with Gasteiger partial charge in [-0.3, -0.25) is 14.5 Å². The average molecular weight is 394 g/mol. The Hall–Kier alpha value is -1.96. The molecule has 0 spiro atoms. The van der Waals surface area contributed by atoms with Gasteiger partial charge in [0, 0.05) is 28.0 Å². The number of halogens is 1. The molecule has 1 saturated carbocycles. The molecule has 1 fully saturated rings. The topological polar surface area (TPSA) is 82.5 Å². The molecule has 1 heterocycles. The Labute approximate surface area is 160 Å². The number of rotatable bonds is 7. The van der Waals surface area contributed by atoms with Crippen LogP contribution in [0.4, 0.5) is 0 Å². The normalized spacial score (nSPS) is 19.2. The molecule has 0 unspecified atom stereocenters. The molecule has 2 aromatic rings. The second-order valence-corrected chi connectivity index (χ2v) is 7.59. The smallest absolute Gasteiger partial charge is 0.317 e. The summed E-state index contributed by atoms with van der Waals surface area (Å²) in [5.41, 5.74) is 1.33. The Morgan fingerprint density at radius 2 is 2.04 bits per heavy atom. The van der Waals surface area contributed by atoms with Gasteiger partial charge < -0.3 is 10.4 Å². The van der Waals surface area contributed by atoms with E-state index >= 15 is 0 Å². The van der Waals surface area contributed by atoms with Crippen molar-refractivity contribution in [3.63, 3.8) is 0 Å². The first kappa shape index (κ1) is 18.8. The summed E-state index contributed by atoms with van der Waals surface area (Å²) < 4.78 is 0. The number of benzene rings is 1. The number of carbonyl (C=O) groups is 2. The lowest BCUT2D eigenvalue weighted by atomic mass is 9.85. The molecule has 1 aliphatic carbocycles. The van der Waals surface area contributed by atoms with E-state index in [1.54, 1.807) is 17.5 Å². The second kappa shape index (κ2) is 8.16. The van der Waals surface area contributed by atoms with Crippen molar-refractivity contribution in [1.82, 2.24) is 15.2 Å². The van der Waals surface area contributed by atoms with Crippen LogP contribution in [0.1, 0.15) is 30.3 Å². The van der Waals surface area contributed by atoms with Gasteiger partial charge in [-0.05, 0) is 31.5 Å². The van der Waals surface area contributed by atoms with Crippen LogP contribution in [0.25, 0.3) is 10.6 Å². The van der Waals surface area contributed by atoms with Crippen LogP contribution in [0.5, 0.6) is 0 Å². The van der Waals surface area contributed by atoms with Gasteiger partial charge >= 0.3 is 5.97 Å². The van der Waals surface area contributed by atoms with Gasteiger partial charge in [-0.25, -0.2) is 4.98 Å². The van der Waals surface area contributed by atoms with Crippen molar-refractivity contribution in [2.75, 3.05) is 13.1 Å². The fourth-order valence-corrected chi connectivity index (χ4v) is 3.97. The quantitative estimate of drug-likeness (QED) is 0.755. The number of nitrogens with zero attached hydrogens (tertiary/aromatic N) is 2. The number of thiazole rings is 1. The standard InChI is InChI=1S/C18H20ClN3O3S/c1-2-22(9-16(23)24)14-7-13(8-14)20-17(25)15-10-26-18(21-15)11-3-5-12(19)6-4-11/h3-6,10,13-14H,2,7-9H2,1H3,(H,20,25)(H,23,24). The minimum absolute atomic E-state index is 0.0401. The lowest BCUT2D eigenvalue weighted by Gasteiger charge is -2.42. The largest absolute Gasteiger partial charge is 0.480 e. The third kappa shape index (κ3) is 4.41. The molecule has 138 valence electrons. The van der Waals surface area contributed by atoms with Gasteiger partial charge in [0.2, 0.25) is 0 Å². The fraction of sp³-hybridized carbons (Fsp3) is 0.389. The maximum Gasteiger partial charge on any atom is 0.317 e. The van der Waals surface area contributed by atoms with E-state index in [9.17, 15) is 9.59 Å². The van der Waals surface area contributed by atoms with Crippen molar-refractivity contribution >= 4 is 34.8 Å². The molecule has 2 N–H and O–H groups in total. The number of aromatic nitrogens is 1. The summed E-state index contributed by atoms with van der Waals surface area (Å²) in [5.74, 6) is -1.01. The van der Waals surface area contributed by atoms with Crippen LogP contribution in [0.3, 0.4) is 0 Å². The van der Waals surface area contributed by atoms with E-state index in [1.165, 1.54) is 11.3 Å². The van der Waals surface area contributed by atoms with E-state index in [-0.39, 0.29) is 24.5 Å². The molecule has 1 aliphatic rings. The van der Waals surface area contributed by atoms with Gasteiger partial charge in [0.15, 0.2) is 0 Å². The molecular weight excluding hydrogens is 374 g/mol. The number of nitrogens with one attached hydrogen (secondary N) is 1. The highest BCUT2D eigenvalue weighted by Gasteiger charge is 2.35. The lowest BCUT2D eigenvalue weighted by Crippen LogP contribution is -2.54. The summed E-state index contributed by atoms with van der Waals surface area (Å²) in [6.45, 7) is 2.68. The zero-order chi connectivity index (χ0) is 18.7. The highest BCUT2D eigenvalue weighted by molar-refractivity contribution is 7.13. The van der Waals surface area contributed by atoms with Gasteiger partial charge in [-0.2, -0.15) is 0 Å².